The van der Waals surface area contributed by atoms with E-state index in [0.717, 1.165) is 32.0 Å². The Morgan fingerprint density at radius 2 is 1.87 bits per heavy atom. The number of thiazole rings is 1. The highest BCUT2D eigenvalue weighted by Crippen LogP contribution is 2.39. The monoisotopic (exact) mass is 437 g/mol. The van der Waals surface area contributed by atoms with Gasteiger partial charge in [-0.3, -0.25) is 9.29 Å². The minimum absolute atomic E-state index is 0.255. The van der Waals surface area contributed by atoms with Gasteiger partial charge in [-0.1, -0.05) is 12.1 Å². The molecule has 1 aliphatic rings. The number of anilines is 1. The number of nitrogens with zero attached hydrogens (tertiary/aromatic N) is 3. The third kappa shape index (κ3) is 3.22. The van der Waals surface area contributed by atoms with Gasteiger partial charge in [0.15, 0.2) is 0 Å². The number of ether oxygens (including phenoxy) is 1. The molecule has 0 saturated carbocycles. The Balaban J connectivity index is 1.59. The van der Waals surface area contributed by atoms with Crippen molar-refractivity contribution >= 4 is 37.3 Å². The third-order valence-corrected chi connectivity index (χ3v) is 7.82. The molecule has 30 heavy (non-hydrogen) atoms. The van der Waals surface area contributed by atoms with E-state index in [9.17, 15) is 8.42 Å². The maximum atomic E-state index is 13.5. The fourth-order valence-corrected chi connectivity index (χ4v) is 5.99. The molecule has 0 radical (unpaired) electrons. The molecule has 1 aliphatic heterocycles. The van der Waals surface area contributed by atoms with Gasteiger partial charge in [0.05, 0.1) is 32.4 Å². The zero-order valence-corrected chi connectivity index (χ0v) is 18.1. The Hall–Kier alpha value is -2.97. The highest BCUT2D eigenvalue weighted by molar-refractivity contribution is 7.92. The second-order valence-electron chi connectivity index (χ2n) is 7.16. The van der Waals surface area contributed by atoms with E-state index in [0.29, 0.717) is 18.0 Å². The van der Waals surface area contributed by atoms with Gasteiger partial charge in [0.25, 0.3) is 10.0 Å². The predicted octanol–water partition coefficient (Wildman–Crippen LogP) is 4.56. The lowest BCUT2D eigenvalue weighted by Crippen LogP contribution is -2.37. The van der Waals surface area contributed by atoms with Gasteiger partial charge in [-0.15, -0.1) is 11.3 Å². The van der Waals surface area contributed by atoms with E-state index in [-0.39, 0.29) is 11.4 Å². The molecule has 8 heteroatoms. The largest absolute Gasteiger partial charge is 0.489 e. The Labute approximate surface area is 178 Å². The number of benzene rings is 2. The lowest BCUT2D eigenvalue weighted by Gasteiger charge is -2.31. The topological polar surface area (TPSA) is 72.4 Å². The molecule has 0 fully saturated rings. The average Bonchev–Trinajstić information content (AvgIpc) is 3.12. The van der Waals surface area contributed by atoms with Crippen LogP contribution < -0.4 is 9.04 Å². The molecule has 0 spiro atoms. The number of aryl methyl sites for hydroxylation is 2. The van der Waals surface area contributed by atoms with Crippen molar-refractivity contribution in [1.29, 1.82) is 0 Å². The van der Waals surface area contributed by atoms with Crippen molar-refractivity contribution in [3.63, 3.8) is 0 Å². The Bertz CT molecular complexity index is 1360. The summed E-state index contributed by atoms with van der Waals surface area (Å²) in [5, 5.41) is 0.910. The third-order valence-electron chi connectivity index (χ3n) is 5.08. The molecule has 2 aromatic heterocycles. The van der Waals surface area contributed by atoms with E-state index >= 15 is 0 Å². The molecular weight excluding hydrogens is 418 g/mol. The number of fused-ring (bicyclic) bond motifs is 2. The van der Waals surface area contributed by atoms with Crippen molar-refractivity contribution in [3.05, 3.63) is 65.4 Å². The first kappa shape index (κ1) is 19.0. The summed E-state index contributed by atoms with van der Waals surface area (Å²) in [5.74, 6) is 0.559. The van der Waals surface area contributed by atoms with Gasteiger partial charge >= 0.3 is 0 Å². The molecular formula is C22H19N3O3S2. The summed E-state index contributed by atoms with van der Waals surface area (Å²) in [5.41, 5.74) is 4.10. The Kier molecular flexibility index (Phi) is 4.48. The summed E-state index contributed by atoms with van der Waals surface area (Å²) >= 11 is 1.49. The van der Waals surface area contributed by atoms with Crippen molar-refractivity contribution in [2.45, 2.75) is 18.7 Å². The van der Waals surface area contributed by atoms with Crippen LogP contribution in [0.1, 0.15) is 10.7 Å². The van der Waals surface area contributed by atoms with Gasteiger partial charge in [0.2, 0.25) is 0 Å². The van der Waals surface area contributed by atoms with Crippen LogP contribution in [0.5, 0.6) is 5.75 Å². The smallest absolute Gasteiger partial charge is 0.264 e. The van der Waals surface area contributed by atoms with Crippen LogP contribution in [0, 0.1) is 13.8 Å². The molecule has 0 bridgehead atoms. The lowest BCUT2D eigenvalue weighted by atomic mass is 10.1. The van der Waals surface area contributed by atoms with Crippen LogP contribution in [0.15, 0.2) is 59.6 Å². The SMILES string of the molecule is Cc1ccc(-c2ccc3c(c2)N(S(=O)(=O)c2ccc4nc(C)sc4c2)CCO3)cn1. The zero-order valence-electron chi connectivity index (χ0n) is 16.5. The molecule has 4 aromatic rings. The average molecular weight is 438 g/mol. The van der Waals surface area contributed by atoms with Crippen LogP contribution in [-0.2, 0) is 10.0 Å². The van der Waals surface area contributed by atoms with Gasteiger partial charge < -0.3 is 4.74 Å². The molecule has 0 aliphatic carbocycles. The molecule has 0 atom stereocenters. The molecule has 152 valence electrons. The Morgan fingerprint density at radius 3 is 2.67 bits per heavy atom. The molecule has 6 nitrogen and oxygen atoms in total. The molecule has 3 heterocycles. The molecule has 0 N–H and O–H groups in total. The summed E-state index contributed by atoms with van der Waals surface area (Å²) < 4.78 is 35.1. The second-order valence-corrected chi connectivity index (χ2v) is 10.3. The summed E-state index contributed by atoms with van der Waals surface area (Å²) in [4.78, 5) is 9.02. The molecule has 0 unspecified atom stereocenters. The number of hydrogen-bond acceptors (Lipinski definition) is 6. The maximum Gasteiger partial charge on any atom is 0.264 e. The van der Waals surface area contributed by atoms with Crippen LogP contribution in [0.3, 0.4) is 0 Å². The van der Waals surface area contributed by atoms with E-state index < -0.39 is 10.0 Å². The number of aromatic nitrogens is 2. The zero-order chi connectivity index (χ0) is 20.9. The van der Waals surface area contributed by atoms with Crippen LogP contribution in [0.25, 0.3) is 21.3 Å². The first-order valence-electron chi connectivity index (χ1n) is 9.52. The van der Waals surface area contributed by atoms with Crippen molar-refractivity contribution in [2.75, 3.05) is 17.5 Å². The van der Waals surface area contributed by atoms with E-state index in [1.807, 2.05) is 44.2 Å². The Morgan fingerprint density at radius 1 is 1.03 bits per heavy atom. The van der Waals surface area contributed by atoms with Gasteiger partial charge in [0.1, 0.15) is 12.4 Å². The molecule has 5 rings (SSSR count). The predicted molar refractivity (Wildman–Crippen MR) is 119 cm³/mol. The van der Waals surface area contributed by atoms with Crippen LogP contribution in [0.4, 0.5) is 5.69 Å². The summed E-state index contributed by atoms with van der Waals surface area (Å²) in [6.45, 7) is 4.41. The quantitative estimate of drug-likeness (QED) is 0.470. The normalized spacial score (nSPS) is 13.9. The van der Waals surface area contributed by atoms with Crippen LogP contribution in [-0.4, -0.2) is 31.5 Å². The summed E-state index contributed by atoms with van der Waals surface area (Å²) in [6.07, 6.45) is 1.79. The summed E-state index contributed by atoms with van der Waals surface area (Å²) in [7, 11) is -3.75. The summed E-state index contributed by atoms with van der Waals surface area (Å²) in [6, 6.07) is 14.6. The van der Waals surface area contributed by atoms with E-state index in [1.54, 1.807) is 24.4 Å². The number of hydrogen-bond donors (Lipinski definition) is 0. The van der Waals surface area contributed by atoms with Crippen molar-refractivity contribution in [3.8, 4) is 16.9 Å². The van der Waals surface area contributed by atoms with E-state index in [1.165, 1.54) is 15.6 Å². The van der Waals surface area contributed by atoms with Crippen molar-refractivity contribution in [1.82, 2.24) is 9.97 Å². The fourth-order valence-electron chi connectivity index (χ4n) is 3.57. The highest BCUT2D eigenvalue weighted by Gasteiger charge is 2.31. The van der Waals surface area contributed by atoms with Crippen LogP contribution in [0.2, 0.25) is 0 Å². The van der Waals surface area contributed by atoms with Gasteiger partial charge in [-0.2, -0.15) is 0 Å². The molecule has 2 aromatic carbocycles. The first-order valence-corrected chi connectivity index (χ1v) is 11.8. The van der Waals surface area contributed by atoms with Gasteiger partial charge in [-0.05, 0) is 55.8 Å². The van der Waals surface area contributed by atoms with Crippen molar-refractivity contribution in [2.24, 2.45) is 0 Å². The van der Waals surface area contributed by atoms with E-state index in [2.05, 4.69) is 9.97 Å². The molecule has 0 amide bonds. The number of rotatable bonds is 3. The van der Waals surface area contributed by atoms with Crippen LogP contribution >= 0.6 is 11.3 Å². The first-order chi connectivity index (χ1) is 14.4. The minimum atomic E-state index is -3.75. The maximum absolute atomic E-state index is 13.5. The lowest BCUT2D eigenvalue weighted by molar-refractivity contribution is 0.316. The minimum Gasteiger partial charge on any atom is -0.489 e. The fraction of sp³-hybridized carbons (Fsp3) is 0.182. The number of sulfonamides is 1. The van der Waals surface area contributed by atoms with E-state index in [4.69, 9.17) is 4.74 Å². The van der Waals surface area contributed by atoms with Gasteiger partial charge in [0, 0.05) is 17.5 Å². The standard InChI is InChI=1S/C22H19N3O3S2/c1-14-3-4-17(13-23-14)16-5-8-21-20(11-16)25(9-10-28-21)30(26,27)18-6-7-19-22(12-18)29-15(2)24-19/h3-8,11-13H,9-10H2,1-2H3. The molecule has 0 saturated heterocycles. The van der Waals surface area contributed by atoms with Gasteiger partial charge in [-0.25, -0.2) is 13.4 Å². The van der Waals surface area contributed by atoms with Crippen molar-refractivity contribution < 1.29 is 13.2 Å². The second kappa shape index (κ2) is 7.07. The highest BCUT2D eigenvalue weighted by atomic mass is 32.2. The number of pyridine rings is 1.